The quantitative estimate of drug-likeness (QED) is 0.183. The van der Waals surface area contributed by atoms with Gasteiger partial charge in [-0.1, -0.05) is 152 Å². The second-order valence-corrected chi connectivity index (χ2v) is 11.9. The zero-order valence-electron chi connectivity index (χ0n) is 26.4. The summed E-state index contributed by atoms with van der Waals surface area (Å²) in [5.74, 6) is 1.88. The van der Waals surface area contributed by atoms with Crippen LogP contribution in [0.1, 0.15) is 0 Å². The number of aromatic nitrogens is 4. The van der Waals surface area contributed by atoms with Gasteiger partial charge in [-0.3, -0.25) is 0 Å². The molecule has 0 aliphatic heterocycles. The first-order valence-electron chi connectivity index (χ1n) is 16.2. The lowest BCUT2D eigenvalue weighted by molar-refractivity contribution is 0.603. The second kappa shape index (κ2) is 12.1. The first-order chi connectivity index (χ1) is 24.3. The number of para-hydroxylation sites is 1. The van der Waals surface area contributed by atoms with Gasteiger partial charge in [0.2, 0.25) is 0 Å². The normalized spacial score (nSPS) is 11.3. The summed E-state index contributed by atoms with van der Waals surface area (Å²) >= 11 is 0. The minimum absolute atomic E-state index is 0.618. The number of nitrogens with zero attached hydrogens (tertiary/aromatic N) is 4. The van der Waals surface area contributed by atoms with Crippen molar-refractivity contribution in [2.45, 2.75) is 0 Å². The van der Waals surface area contributed by atoms with Crippen LogP contribution in [0, 0.1) is 0 Å². The van der Waals surface area contributed by atoms with Crippen LogP contribution in [0.4, 0.5) is 0 Å². The Morgan fingerprint density at radius 3 is 1.71 bits per heavy atom. The second-order valence-electron chi connectivity index (χ2n) is 11.9. The van der Waals surface area contributed by atoms with Gasteiger partial charge < -0.3 is 4.42 Å². The molecule has 9 aromatic rings. The summed E-state index contributed by atoms with van der Waals surface area (Å²) in [7, 11) is 0. The highest BCUT2D eigenvalue weighted by Gasteiger charge is 2.20. The van der Waals surface area contributed by atoms with E-state index in [-0.39, 0.29) is 0 Å². The lowest BCUT2D eigenvalue weighted by Crippen LogP contribution is -2.01. The summed E-state index contributed by atoms with van der Waals surface area (Å²) in [5.41, 5.74) is 10.8. The minimum atomic E-state index is 0.618. The molecule has 0 saturated heterocycles. The standard InChI is InChI=1S/C44H28N4O/c1-3-14-30(15-4-1)42-46-43(31-16-5-2-6-17-31)48-44(47-42)38-22-10-9-21-37(38)40-34-20-8-7-13-29(34)25-26-35(40)32-18-11-19-33(27-32)36-23-12-24-39-41(36)49-28-45-39/h1-28H. The molecule has 9 rings (SSSR count). The van der Waals surface area contributed by atoms with Crippen LogP contribution < -0.4 is 0 Å². The molecule has 0 unspecified atom stereocenters. The van der Waals surface area contributed by atoms with Crippen molar-refractivity contribution in [2.24, 2.45) is 0 Å². The third-order valence-electron chi connectivity index (χ3n) is 8.91. The Bertz CT molecular complexity index is 2550. The lowest BCUT2D eigenvalue weighted by atomic mass is 9.86. The molecule has 230 valence electrons. The van der Waals surface area contributed by atoms with Crippen LogP contribution in [-0.2, 0) is 0 Å². The van der Waals surface area contributed by atoms with Gasteiger partial charge in [0.05, 0.1) is 0 Å². The fourth-order valence-corrected chi connectivity index (χ4v) is 6.60. The molecule has 0 radical (unpaired) electrons. The summed E-state index contributed by atoms with van der Waals surface area (Å²) in [6.07, 6.45) is 1.50. The van der Waals surface area contributed by atoms with Crippen LogP contribution >= 0.6 is 0 Å². The average molecular weight is 629 g/mol. The van der Waals surface area contributed by atoms with E-state index in [4.69, 9.17) is 19.4 Å². The van der Waals surface area contributed by atoms with E-state index in [2.05, 4.69) is 96.0 Å². The van der Waals surface area contributed by atoms with Crippen LogP contribution in [-0.4, -0.2) is 19.9 Å². The van der Waals surface area contributed by atoms with E-state index in [1.54, 1.807) is 0 Å². The molecule has 0 spiro atoms. The highest BCUT2D eigenvalue weighted by molar-refractivity contribution is 6.07. The number of hydrogen-bond donors (Lipinski definition) is 0. The third-order valence-corrected chi connectivity index (χ3v) is 8.91. The van der Waals surface area contributed by atoms with E-state index in [9.17, 15) is 0 Å². The van der Waals surface area contributed by atoms with E-state index in [1.807, 2.05) is 72.8 Å². The van der Waals surface area contributed by atoms with Crippen molar-refractivity contribution in [1.82, 2.24) is 19.9 Å². The Kier molecular flexibility index (Phi) is 7.06. The molecule has 2 heterocycles. The van der Waals surface area contributed by atoms with E-state index in [1.165, 1.54) is 6.39 Å². The van der Waals surface area contributed by atoms with Gasteiger partial charge >= 0.3 is 0 Å². The van der Waals surface area contributed by atoms with E-state index in [0.29, 0.717) is 17.5 Å². The van der Waals surface area contributed by atoms with Crippen molar-refractivity contribution in [2.75, 3.05) is 0 Å². The largest absolute Gasteiger partial charge is 0.443 e. The van der Waals surface area contributed by atoms with E-state index in [0.717, 1.165) is 71.9 Å². The van der Waals surface area contributed by atoms with Gasteiger partial charge in [-0.05, 0) is 50.7 Å². The molecular formula is C44H28N4O. The minimum Gasteiger partial charge on any atom is -0.443 e. The first-order valence-corrected chi connectivity index (χ1v) is 16.2. The molecule has 5 nitrogen and oxygen atoms in total. The van der Waals surface area contributed by atoms with Crippen LogP contribution in [0.2, 0.25) is 0 Å². The summed E-state index contributed by atoms with van der Waals surface area (Å²) in [5, 5.41) is 2.31. The molecular weight excluding hydrogens is 601 g/mol. The Labute approximate surface area is 283 Å². The third kappa shape index (κ3) is 5.24. The fourth-order valence-electron chi connectivity index (χ4n) is 6.60. The van der Waals surface area contributed by atoms with Crippen LogP contribution in [0.15, 0.2) is 175 Å². The number of oxazole rings is 1. The molecule has 7 aromatic carbocycles. The summed E-state index contributed by atoms with van der Waals surface area (Å²) in [6, 6.07) is 56.3. The Balaban J connectivity index is 1.28. The predicted molar refractivity (Wildman–Crippen MR) is 198 cm³/mol. The molecule has 0 N–H and O–H groups in total. The summed E-state index contributed by atoms with van der Waals surface area (Å²) in [6.45, 7) is 0. The van der Waals surface area contributed by atoms with Gasteiger partial charge in [-0.15, -0.1) is 0 Å². The molecule has 0 fully saturated rings. The smallest absolute Gasteiger partial charge is 0.182 e. The molecule has 0 aliphatic rings. The van der Waals surface area contributed by atoms with Gasteiger partial charge in [0.25, 0.3) is 0 Å². The zero-order chi connectivity index (χ0) is 32.6. The topological polar surface area (TPSA) is 64.7 Å². The fraction of sp³-hybridized carbons (Fsp3) is 0. The van der Waals surface area contributed by atoms with Crippen molar-refractivity contribution >= 4 is 21.9 Å². The molecule has 2 aromatic heterocycles. The van der Waals surface area contributed by atoms with Crippen molar-refractivity contribution in [3.63, 3.8) is 0 Å². The number of benzene rings is 7. The zero-order valence-corrected chi connectivity index (χ0v) is 26.4. The van der Waals surface area contributed by atoms with Crippen molar-refractivity contribution < 1.29 is 4.42 Å². The maximum Gasteiger partial charge on any atom is 0.182 e. The number of hydrogen-bond acceptors (Lipinski definition) is 5. The SMILES string of the molecule is c1ccc(-c2nc(-c3ccccc3)nc(-c3ccccc3-c3c(-c4cccc(-c5cccc6ncoc56)c4)ccc4ccccc34)n2)cc1. The molecule has 0 amide bonds. The van der Waals surface area contributed by atoms with Gasteiger partial charge in [-0.2, -0.15) is 0 Å². The van der Waals surface area contributed by atoms with Crippen LogP contribution in [0.3, 0.4) is 0 Å². The van der Waals surface area contributed by atoms with Gasteiger partial charge in [-0.25, -0.2) is 19.9 Å². The van der Waals surface area contributed by atoms with Crippen molar-refractivity contribution in [3.8, 4) is 67.5 Å². The van der Waals surface area contributed by atoms with Crippen molar-refractivity contribution in [3.05, 3.63) is 170 Å². The molecule has 49 heavy (non-hydrogen) atoms. The Morgan fingerprint density at radius 1 is 0.388 bits per heavy atom. The molecule has 0 aliphatic carbocycles. The first kappa shape index (κ1) is 28.5. The molecule has 0 saturated carbocycles. The Morgan fingerprint density at radius 2 is 0.959 bits per heavy atom. The van der Waals surface area contributed by atoms with Crippen LogP contribution in [0.25, 0.3) is 89.4 Å². The predicted octanol–water partition coefficient (Wildman–Crippen LogP) is 11.2. The average Bonchev–Trinajstić information content (AvgIpc) is 3.68. The summed E-state index contributed by atoms with van der Waals surface area (Å²) < 4.78 is 5.82. The highest BCUT2D eigenvalue weighted by atomic mass is 16.3. The molecule has 0 bridgehead atoms. The summed E-state index contributed by atoms with van der Waals surface area (Å²) in [4.78, 5) is 19.5. The van der Waals surface area contributed by atoms with E-state index < -0.39 is 0 Å². The highest BCUT2D eigenvalue weighted by Crippen LogP contribution is 2.43. The van der Waals surface area contributed by atoms with Crippen LogP contribution in [0.5, 0.6) is 0 Å². The van der Waals surface area contributed by atoms with Gasteiger partial charge in [0.15, 0.2) is 29.4 Å². The number of rotatable bonds is 6. The van der Waals surface area contributed by atoms with Crippen molar-refractivity contribution in [1.29, 1.82) is 0 Å². The van der Waals surface area contributed by atoms with E-state index >= 15 is 0 Å². The lowest BCUT2D eigenvalue weighted by Gasteiger charge is -2.18. The maximum atomic E-state index is 5.82. The van der Waals surface area contributed by atoms with Gasteiger partial charge in [0.1, 0.15) is 5.52 Å². The van der Waals surface area contributed by atoms with Gasteiger partial charge in [0, 0.05) is 22.3 Å². The maximum absolute atomic E-state index is 5.82. The molecule has 0 atom stereocenters. The molecule has 5 heteroatoms. The Hall–Kier alpha value is -6.72. The number of fused-ring (bicyclic) bond motifs is 2. The monoisotopic (exact) mass is 628 g/mol.